The number of benzene rings is 1. The average molecular weight is 201 g/mol. The van der Waals surface area contributed by atoms with Gasteiger partial charge in [0.25, 0.3) is 0 Å². The van der Waals surface area contributed by atoms with Crippen LogP contribution in [0, 0.1) is 11.6 Å². The van der Waals surface area contributed by atoms with E-state index >= 15 is 0 Å². The molecule has 1 aromatic carbocycles. The molecule has 0 heterocycles. The zero-order valence-electron chi connectivity index (χ0n) is 8.09. The standard InChI is InChI=1S/C10H13F2NO/c1-6(7(2)14)13-10-4-8(11)3-9(12)5-10/h3-7,13-14H,1-2H3. The Morgan fingerprint density at radius 2 is 1.64 bits per heavy atom. The molecular weight excluding hydrogens is 188 g/mol. The van der Waals surface area contributed by atoms with E-state index in [-0.39, 0.29) is 6.04 Å². The third-order valence-electron chi connectivity index (χ3n) is 1.98. The Kier molecular flexibility index (Phi) is 3.41. The summed E-state index contributed by atoms with van der Waals surface area (Å²) in [7, 11) is 0. The van der Waals surface area contributed by atoms with E-state index in [2.05, 4.69) is 5.32 Å². The molecule has 78 valence electrons. The number of anilines is 1. The van der Waals surface area contributed by atoms with Gasteiger partial charge in [-0.15, -0.1) is 0 Å². The molecule has 1 aromatic rings. The van der Waals surface area contributed by atoms with Crippen LogP contribution in [0.3, 0.4) is 0 Å². The van der Waals surface area contributed by atoms with Gasteiger partial charge in [-0.2, -0.15) is 0 Å². The normalized spacial score (nSPS) is 14.9. The Morgan fingerprint density at radius 3 is 2.07 bits per heavy atom. The molecule has 0 saturated heterocycles. The lowest BCUT2D eigenvalue weighted by Gasteiger charge is -2.17. The minimum absolute atomic E-state index is 0.254. The van der Waals surface area contributed by atoms with Gasteiger partial charge < -0.3 is 10.4 Å². The second-order valence-corrected chi connectivity index (χ2v) is 3.33. The van der Waals surface area contributed by atoms with Gasteiger partial charge in [0, 0.05) is 17.8 Å². The lowest BCUT2D eigenvalue weighted by molar-refractivity contribution is 0.178. The van der Waals surface area contributed by atoms with Crippen LogP contribution >= 0.6 is 0 Å². The van der Waals surface area contributed by atoms with Crippen molar-refractivity contribution in [2.24, 2.45) is 0 Å². The number of aliphatic hydroxyl groups is 1. The van der Waals surface area contributed by atoms with Crippen molar-refractivity contribution in [3.8, 4) is 0 Å². The number of halogens is 2. The third-order valence-corrected chi connectivity index (χ3v) is 1.98. The minimum atomic E-state index is -0.634. The predicted octanol–water partition coefficient (Wildman–Crippen LogP) is 2.15. The number of hydrogen-bond acceptors (Lipinski definition) is 2. The second-order valence-electron chi connectivity index (χ2n) is 3.33. The Bertz CT molecular complexity index is 295. The fourth-order valence-electron chi connectivity index (χ4n) is 1.02. The molecular formula is C10H13F2NO. The Labute approximate surface area is 81.6 Å². The Morgan fingerprint density at radius 1 is 1.14 bits per heavy atom. The van der Waals surface area contributed by atoms with E-state index in [1.807, 2.05) is 0 Å². The van der Waals surface area contributed by atoms with E-state index in [9.17, 15) is 13.9 Å². The monoisotopic (exact) mass is 201 g/mol. The van der Waals surface area contributed by atoms with Crippen LogP contribution < -0.4 is 5.32 Å². The van der Waals surface area contributed by atoms with Crippen molar-refractivity contribution in [2.45, 2.75) is 26.0 Å². The van der Waals surface area contributed by atoms with Crippen LogP contribution in [0.5, 0.6) is 0 Å². The highest BCUT2D eigenvalue weighted by Crippen LogP contribution is 2.14. The van der Waals surface area contributed by atoms with Gasteiger partial charge >= 0.3 is 0 Å². The fourth-order valence-corrected chi connectivity index (χ4v) is 1.02. The highest BCUT2D eigenvalue weighted by molar-refractivity contribution is 5.44. The van der Waals surface area contributed by atoms with Crippen molar-refractivity contribution in [3.63, 3.8) is 0 Å². The first kappa shape index (κ1) is 10.9. The van der Waals surface area contributed by atoms with Crippen molar-refractivity contribution in [3.05, 3.63) is 29.8 Å². The summed E-state index contributed by atoms with van der Waals surface area (Å²) in [4.78, 5) is 0. The lowest BCUT2D eigenvalue weighted by Crippen LogP contribution is -2.27. The molecule has 0 aliphatic rings. The van der Waals surface area contributed by atoms with Crippen molar-refractivity contribution >= 4 is 5.69 Å². The summed E-state index contributed by atoms with van der Waals surface area (Å²) in [5.74, 6) is -1.27. The van der Waals surface area contributed by atoms with Crippen LogP contribution in [0.15, 0.2) is 18.2 Å². The van der Waals surface area contributed by atoms with E-state index in [0.29, 0.717) is 5.69 Å². The van der Waals surface area contributed by atoms with Gasteiger partial charge in [-0.3, -0.25) is 0 Å². The first-order valence-electron chi connectivity index (χ1n) is 4.39. The van der Waals surface area contributed by atoms with Crippen LogP contribution in [-0.4, -0.2) is 17.3 Å². The zero-order chi connectivity index (χ0) is 10.7. The Balaban J connectivity index is 2.76. The highest BCUT2D eigenvalue weighted by atomic mass is 19.1. The van der Waals surface area contributed by atoms with Crippen LogP contribution in [-0.2, 0) is 0 Å². The molecule has 4 heteroatoms. The van der Waals surface area contributed by atoms with E-state index < -0.39 is 17.7 Å². The molecule has 0 aliphatic heterocycles. The van der Waals surface area contributed by atoms with Crippen molar-refractivity contribution in [1.82, 2.24) is 0 Å². The van der Waals surface area contributed by atoms with Crippen molar-refractivity contribution in [2.75, 3.05) is 5.32 Å². The van der Waals surface area contributed by atoms with Crippen molar-refractivity contribution in [1.29, 1.82) is 0 Å². The smallest absolute Gasteiger partial charge is 0.128 e. The number of rotatable bonds is 3. The summed E-state index contributed by atoms with van der Waals surface area (Å²) in [6.07, 6.45) is -0.582. The summed E-state index contributed by atoms with van der Waals surface area (Å²) < 4.78 is 25.5. The van der Waals surface area contributed by atoms with E-state index in [0.717, 1.165) is 6.07 Å². The summed E-state index contributed by atoms with van der Waals surface area (Å²) in [5.41, 5.74) is 0.330. The highest BCUT2D eigenvalue weighted by Gasteiger charge is 2.09. The van der Waals surface area contributed by atoms with Crippen molar-refractivity contribution < 1.29 is 13.9 Å². The lowest BCUT2D eigenvalue weighted by atomic mass is 10.2. The average Bonchev–Trinajstić information content (AvgIpc) is 2.01. The molecule has 14 heavy (non-hydrogen) atoms. The van der Waals surface area contributed by atoms with Gasteiger partial charge in [0.05, 0.1) is 6.10 Å². The third kappa shape index (κ3) is 2.96. The molecule has 2 N–H and O–H groups in total. The van der Waals surface area contributed by atoms with Crippen LogP contribution in [0.1, 0.15) is 13.8 Å². The van der Waals surface area contributed by atoms with Crippen LogP contribution in [0.4, 0.5) is 14.5 Å². The van der Waals surface area contributed by atoms with Gasteiger partial charge in [-0.05, 0) is 26.0 Å². The summed E-state index contributed by atoms with van der Waals surface area (Å²) in [6, 6.07) is 2.92. The molecule has 0 spiro atoms. The topological polar surface area (TPSA) is 32.3 Å². The predicted molar refractivity (Wildman–Crippen MR) is 51.1 cm³/mol. The van der Waals surface area contributed by atoms with E-state index in [4.69, 9.17) is 0 Å². The summed E-state index contributed by atoms with van der Waals surface area (Å²) in [6.45, 7) is 3.33. The number of aliphatic hydroxyl groups excluding tert-OH is 1. The number of nitrogens with one attached hydrogen (secondary N) is 1. The maximum atomic E-state index is 12.7. The van der Waals surface area contributed by atoms with E-state index in [1.165, 1.54) is 12.1 Å². The molecule has 0 aromatic heterocycles. The second kappa shape index (κ2) is 4.37. The van der Waals surface area contributed by atoms with Crippen LogP contribution in [0.25, 0.3) is 0 Å². The first-order valence-corrected chi connectivity index (χ1v) is 4.39. The molecule has 2 unspecified atom stereocenters. The van der Waals surface area contributed by atoms with Crippen LogP contribution in [0.2, 0.25) is 0 Å². The molecule has 0 aliphatic carbocycles. The molecule has 0 amide bonds. The molecule has 0 radical (unpaired) electrons. The van der Waals surface area contributed by atoms with Gasteiger partial charge in [0.1, 0.15) is 11.6 Å². The fraction of sp³-hybridized carbons (Fsp3) is 0.400. The molecule has 0 fully saturated rings. The van der Waals surface area contributed by atoms with Gasteiger partial charge in [-0.1, -0.05) is 0 Å². The molecule has 2 atom stereocenters. The zero-order valence-corrected chi connectivity index (χ0v) is 8.09. The molecule has 0 bridgehead atoms. The van der Waals surface area contributed by atoms with Gasteiger partial charge in [0.2, 0.25) is 0 Å². The quantitative estimate of drug-likeness (QED) is 0.785. The SMILES string of the molecule is CC(O)C(C)Nc1cc(F)cc(F)c1. The summed E-state index contributed by atoms with van der Waals surface area (Å²) >= 11 is 0. The first-order chi connectivity index (χ1) is 6.49. The Hall–Kier alpha value is -1.16. The van der Waals surface area contributed by atoms with Gasteiger partial charge in [0.15, 0.2) is 0 Å². The maximum Gasteiger partial charge on any atom is 0.128 e. The van der Waals surface area contributed by atoms with E-state index in [1.54, 1.807) is 13.8 Å². The molecule has 0 saturated carbocycles. The molecule has 1 rings (SSSR count). The number of hydrogen-bond donors (Lipinski definition) is 2. The molecule has 2 nitrogen and oxygen atoms in total. The van der Waals surface area contributed by atoms with Gasteiger partial charge in [-0.25, -0.2) is 8.78 Å². The summed E-state index contributed by atoms with van der Waals surface area (Å²) in [5, 5.41) is 12.0. The maximum absolute atomic E-state index is 12.7. The minimum Gasteiger partial charge on any atom is -0.391 e. The largest absolute Gasteiger partial charge is 0.391 e.